The molecule has 0 radical (unpaired) electrons. The Labute approximate surface area is 98.5 Å². The van der Waals surface area contributed by atoms with Gasteiger partial charge in [-0.3, -0.25) is 15.2 Å². The molecule has 6 nitrogen and oxygen atoms in total. The third kappa shape index (κ3) is 2.47. The van der Waals surface area contributed by atoms with Gasteiger partial charge < -0.3 is 0 Å². The Morgan fingerprint density at radius 3 is 2.41 bits per heavy atom. The molecule has 2 N–H and O–H groups in total. The molecule has 2 rings (SSSR count). The minimum atomic E-state index is -0.263. The maximum atomic E-state index is 11.9. The second kappa shape index (κ2) is 4.32. The lowest BCUT2D eigenvalue weighted by molar-refractivity contribution is 0.102. The van der Waals surface area contributed by atoms with Crippen LogP contribution in [0, 0.1) is 20.8 Å². The van der Waals surface area contributed by atoms with Crippen molar-refractivity contribution < 1.29 is 4.79 Å². The van der Waals surface area contributed by atoms with Gasteiger partial charge in [-0.25, -0.2) is 9.97 Å². The number of amides is 1. The van der Waals surface area contributed by atoms with Crippen molar-refractivity contribution in [2.45, 2.75) is 20.8 Å². The third-order valence-electron chi connectivity index (χ3n) is 2.28. The van der Waals surface area contributed by atoms with Crippen LogP contribution in [0.1, 0.15) is 27.4 Å². The van der Waals surface area contributed by atoms with Gasteiger partial charge in [-0.05, 0) is 26.8 Å². The Kier molecular flexibility index (Phi) is 2.86. The molecule has 0 aromatic carbocycles. The van der Waals surface area contributed by atoms with E-state index in [0.29, 0.717) is 17.2 Å². The SMILES string of the molecule is Cc1cc(C)nc(NC(=O)c2cn[nH]c2C)n1. The van der Waals surface area contributed by atoms with Crippen molar-refractivity contribution in [1.29, 1.82) is 0 Å². The molecular formula is C11H13N5O. The van der Waals surface area contributed by atoms with E-state index in [1.165, 1.54) is 6.20 Å². The number of rotatable bonds is 2. The van der Waals surface area contributed by atoms with Gasteiger partial charge in [-0.1, -0.05) is 0 Å². The summed E-state index contributed by atoms with van der Waals surface area (Å²) in [6, 6.07) is 1.85. The number of hydrogen-bond donors (Lipinski definition) is 2. The predicted octanol–water partition coefficient (Wildman–Crippen LogP) is 1.38. The first kappa shape index (κ1) is 11.3. The predicted molar refractivity (Wildman–Crippen MR) is 62.8 cm³/mol. The van der Waals surface area contributed by atoms with Gasteiger partial charge in [0.2, 0.25) is 5.95 Å². The lowest BCUT2D eigenvalue weighted by atomic mass is 10.2. The number of hydrogen-bond acceptors (Lipinski definition) is 4. The van der Waals surface area contributed by atoms with Crippen molar-refractivity contribution >= 4 is 11.9 Å². The molecular weight excluding hydrogens is 218 g/mol. The van der Waals surface area contributed by atoms with Crippen LogP contribution in [-0.4, -0.2) is 26.1 Å². The molecule has 0 spiro atoms. The number of carbonyl (C=O) groups excluding carboxylic acids is 1. The highest BCUT2D eigenvalue weighted by Crippen LogP contribution is 2.08. The van der Waals surface area contributed by atoms with E-state index in [1.54, 1.807) is 6.92 Å². The number of nitrogens with one attached hydrogen (secondary N) is 2. The Hall–Kier alpha value is -2.24. The molecule has 2 aromatic heterocycles. The van der Waals surface area contributed by atoms with Crippen LogP contribution < -0.4 is 5.32 Å². The fourth-order valence-electron chi connectivity index (χ4n) is 1.53. The molecule has 0 fully saturated rings. The van der Waals surface area contributed by atoms with Crippen molar-refractivity contribution in [3.8, 4) is 0 Å². The Morgan fingerprint density at radius 1 is 1.24 bits per heavy atom. The number of aryl methyl sites for hydroxylation is 3. The van der Waals surface area contributed by atoms with E-state index < -0.39 is 0 Å². The summed E-state index contributed by atoms with van der Waals surface area (Å²) in [4.78, 5) is 20.1. The van der Waals surface area contributed by atoms with Gasteiger partial charge >= 0.3 is 0 Å². The molecule has 0 aliphatic carbocycles. The van der Waals surface area contributed by atoms with E-state index >= 15 is 0 Å². The van der Waals surface area contributed by atoms with Crippen molar-refractivity contribution in [3.05, 3.63) is 34.9 Å². The van der Waals surface area contributed by atoms with E-state index in [4.69, 9.17) is 0 Å². The van der Waals surface area contributed by atoms with E-state index in [2.05, 4.69) is 25.5 Å². The molecule has 17 heavy (non-hydrogen) atoms. The number of aromatic nitrogens is 4. The number of aromatic amines is 1. The zero-order valence-corrected chi connectivity index (χ0v) is 9.90. The van der Waals surface area contributed by atoms with E-state index in [9.17, 15) is 4.79 Å². The summed E-state index contributed by atoms with van der Waals surface area (Å²) in [6.07, 6.45) is 1.48. The molecule has 0 atom stereocenters. The number of anilines is 1. The third-order valence-corrected chi connectivity index (χ3v) is 2.28. The fourth-order valence-corrected chi connectivity index (χ4v) is 1.53. The summed E-state index contributed by atoms with van der Waals surface area (Å²) in [5.74, 6) is 0.0503. The quantitative estimate of drug-likeness (QED) is 0.817. The van der Waals surface area contributed by atoms with Gasteiger partial charge in [0, 0.05) is 17.1 Å². The smallest absolute Gasteiger partial charge is 0.261 e. The van der Waals surface area contributed by atoms with Crippen molar-refractivity contribution in [2.75, 3.05) is 5.32 Å². The Balaban J connectivity index is 2.21. The Bertz CT molecular complexity index is 540. The molecule has 0 saturated carbocycles. The summed E-state index contributed by atoms with van der Waals surface area (Å²) >= 11 is 0. The van der Waals surface area contributed by atoms with Crippen LogP contribution in [0.5, 0.6) is 0 Å². The van der Waals surface area contributed by atoms with Crippen LogP contribution >= 0.6 is 0 Å². The standard InChI is InChI=1S/C11H13N5O/c1-6-4-7(2)14-11(13-6)15-10(17)9-5-12-16-8(9)3/h4-5H,1-3H3,(H,12,16)(H,13,14,15,17). The van der Waals surface area contributed by atoms with Crippen LogP contribution in [-0.2, 0) is 0 Å². The summed E-state index contributed by atoms with van der Waals surface area (Å²) in [5.41, 5.74) is 2.84. The monoisotopic (exact) mass is 231 g/mol. The first-order valence-corrected chi connectivity index (χ1v) is 5.20. The lowest BCUT2D eigenvalue weighted by Crippen LogP contribution is -2.15. The second-order valence-corrected chi connectivity index (χ2v) is 3.84. The largest absolute Gasteiger partial charge is 0.290 e. The summed E-state index contributed by atoms with van der Waals surface area (Å²) < 4.78 is 0. The molecule has 88 valence electrons. The second-order valence-electron chi connectivity index (χ2n) is 3.84. The average Bonchev–Trinajstić information content (AvgIpc) is 2.62. The molecule has 1 amide bonds. The van der Waals surface area contributed by atoms with Gasteiger partial charge in [-0.2, -0.15) is 5.10 Å². The molecule has 6 heteroatoms. The van der Waals surface area contributed by atoms with Gasteiger partial charge in [0.25, 0.3) is 5.91 Å². The minimum absolute atomic E-state index is 0.263. The van der Waals surface area contributed by atoms with Crippen LogP contribution in [0.15, 0.2) is 12.3 Å². The van der Waals surface area contributed by atoms with E-state index in [1.807, 2.05) is 19.9 Å². The Morgan fingerprint density at radius 2 is 1.88 bits per heavy atom. The number of H-pyrrole nitrogens is 1. The maximum Gasteiger partial charge on any atom is 0.261 e. The first-order valence-electron chi connectivity index (χ1n) is 5.20. The van der Waals surface area contributed by atoms with Gasteiger partial charge in [0.15, 0.2) is 0 Å². The molecule has 2 aromatic rings. The van der Waals surface area contributed by atoms with Crippen molar-refractivity contribution in [1.82, 2.24) is 20.2 Å². The van der Waals surface area contributed by atoms with Gasteiger partial charge in [-0.15, -0.1) is 0 Å². The van der Waals surface area contributed by atoms with Crippen LogP contribution in [0.3, 0.4) is 0 Å². The molecule has 0 aliphatic rings. The molecule has 0 bridgehead atoms. The zero-order valence-electron chi connectivity index (χ0n) is 9.90. The maximum absolute atomic E-state index is 11.9. The van der Waals surface area contributed by atoms with Crippen LogP contribution in [0.4, 0.5) is 5.95 Å². The van der Waals surface area contributed by atoms with Crippen molar-refractivity contribution in [3.63, 3.8) is 0 Å². The van der Waals surface area contributed by atoms with Crippen LogP contribution in [0.25, 0.3) is 0 Å². The minimum Gasteiger partial charge on any atom is -0.290 e. The summed E-state index contributed by atoms with van der Waals surface area (Å²) in [7, 11) is 0. The average molecular weight is 231 g/mol. The topological polar surface area (TPSA) is 83.6 Å². The highest BCUT2D eigenvalue weighted by atomic mass is 16.1. The van der Waals surface area contributed by atoms with Gasteiger partial charge in [0.1, 0.15) is 0 Å². The normalized spacial score (nSPS) is 10.3. The summed E-state index contributed by atoms with van der Waals surface area (Å²) in [6.45, 7) is 5.49. The van der Waals surface area contributed by atoms with E-state index in [0.717, 1.165) is 11.4 Å². The lowest BCUT2D eigenvalue weighted by Gasteiger charge is -2.04. The molecule has 0 aliphatic heterocycles. The molecule has 2 heterocycles. The highest BCUT2D eigenvalue weighted by molar-refractivity contribution is 6.03. The zero-order chi connectivity index (χ0) is 12.4. The summed E-state index contributed by atoms with van der Waals surface area (Å²) in [5, 5.41) is 9.14. The molecule has 0 unspecified atom stereocenters. The fraction of sp³-hybridized carbons (Fsp3) is 0.273. The van der Waals surface area contributed by atoms with Crippen LogP contribution in [0.2, 0.25) is 0 Å². The highest BCUT2D eigenvalue weighted by Gasteiger charge is 2.12. The number of nitrogens with zero attached hydrogens (tertiary/aromatic N) is 3. The van der Waals surface area contributed by atoms with E-state index in [-0.39, 0.29) is 5.91 Å². The van der Waals surface area contributed by atoms with Crippen molar-refractivity contribution in [2.24, 2.45) is 0 Å². The first-order chi connectivity index (χ1) is 8.06. The van der Waals surface area contributed by atoms with Gasteiger partial charge in [0.05, 0.1) is 11.8 Å². The number of carbonyl (C=O) groups is 1. The molecule has 0 saturated heterocycles.